The molecular formula is C7H17ClN2O. The Kier molecular flexibility index (Phi) is 5.01. The van der Waals surface area contributed by atoms with Crippen LogP contribution in [0, 0.1) is 0 Å². The molecule has 1 fully saturated rings. The van der Waals surface area contributed by atoms with Crippen LogP contribution in [0.15, 0.2) is 0 Å². The van der Waals surface area contributed by atoms with E-state index >= 15 is 0 Å². The number of nitrogens with zero attached hydrogens (tertiary/aromatic N) is 1. The van der Waals surface area contributed by atoms with Crippen LogP contribution < -0.4 is 5.73 Å². The highest BCUT2D eigenvalue weighted by Gasteiger charge is 2.20. The van der Waals surface area contributed by atoms with E-state index in [4.69, 9.17) is 10.5 Å². The van der Waals surface area contributed by atoms with Crippen molar-refractivity contribution in [1.29, 1.82) is 0 Å². The fourth-order valence-corrected chi connectivity index (χ4v) is 1.16. The van der Waals surface area contributed by atoms with Crippen molar-refractivity contribution in [2.75, 3.05) is 20.7 Å². The average Bonchev–Trinajstić information content (AvgIpc) is 1.88. The van der Waals surface area contributed by atoms with Crippen molar-refractivity contribution in [3.63, 3.8) is 0 Å². The Bertz CT molecular complexity index is 111. The van der Waals surface area contributed by atoms with Gasteiger partial charge in [0.15, 0.2) is 0 Å². The Labute approximate surface area is 74.3 Å². The van der Waals surface area contributed by atoms with Gasteiger partial charge in [-0.1, -0.05) is 0 Å². The van der Waals surface area contributed by atoms with E-state index in [9.17, 15) is 0 Å². The predicted octanol–water partition coefficient (Wildman–Crippen LogP) is 0.434. The molecule has 1 saturated heterocycles. The Morgan fingerprint density at radius 1 is 1.45 bits per heavy atom. The third kappa shape index (κ3) is 3.38. The summed E-state index contributed by atoms with van der Waals surface area (Å²) in [7, 11) is 4.03. The van der Waals surface area contributed by atoms with Crippen LogP contribution in [0.1, 0.15) is 12.8 Å². The van der Waals surface area contributed by atoms with E-state index in [0.717, 1.165) is 19.4 Å². The molecule has 2 N–H and O–H groups in total. The predicted molar refractivity (Wildman–Crippen MR) is 47.9 cm³/mol. The second-order valence-corrected chi connectivity index (χ2v) is 3.07. The maximum absolute atomic E-state index is 5.76. The summed E-state index contributed by atoms with van der Waals surface area (Å²) in [6.45, 7) is 0.810. The molecule has 0 radical (unpaired) electrons. The fourth-order valence-electron chi connectivity index (χ4n) is 1.16. The second kappa shape index (κ2) is 4.93. The van der Waals surface area contributed by atoms with Crippen LogP contribution in [0.4, 0.5) is 0 Å². The van der Waals surface area contributed by atoms with Crippen molar-refractivity contribution in [2.45, 2.75) is 25.1 Å². The van der Waals surface area contributed by atoms with Crippen LogP contribution in [0.5, 0.6) is 0 Å². The summed E-state index contributed by atoms with van der Waals surface area (Å²) >= 11 is 0. The summed E-state index contributed by atoms with van der Waals surface area (Å²) in [6.07, 6.45) is 2.21. The number of rotatable bonds is 1. The molecule has 2 unspecified atom stereocenters. The SMILES string of the molecule is CN(C)C1CC(N)CCO1.Cl. The molecule has 0 aliphatic carbocycles. The van der Waals surface area contributed by atoms with Crippen LogP contribution in [0.25, 0.3) is 0 Å². The number of ether oxygens (including phenoxy) is 1. The molecule has 2 atom stereocenters. The first kappa shape index (κ1) is 11.2. The van der Waals surface area contributed by atoms with Gasteiger partial charge in [0, 0.05) is 12.5 Å². The molecule has 3 nitrogen and oxygen atoms in total. The first-order chi connectivity index (χ1) is 4.70. The van der Waals surface area contributed by atoms with Gasteiger partial charge in [-0.25, -0.2) is 0 Å². The molecule has 68 valence electrons. The molecule has 0 amide bonds. The monoisotopic (exact) mass is 180 g/mol. The zero-order valence-corrected chi connectivity index (χ0v) is 7.93. The quantitative estimate of drug-likeness (QED) is 0.637. The summed E-state index contributed by atoms with van der Waals surface area (Å²) < 4.78 is 5.46. The van der Waals surface area contributed by atoms with Crippen molar-refractivity contribution in [2.24, 2.45) is 5.73 Å². The van der Waals surface area contributed by atoms with Crippen LogP contribution in [0.3, 0.4) is 0 Å². The molecule has 11 heavy (non-hydrogen) atoms. The largest absolute Gasteiger partial charge is 0.363 e. The van der Waals surface area contributed by atoms with Gasteiger partial charge in [-0.05, 0) is 20.5 Å². The van der Waals surface area contributed by atoms with Gasteiger partial charge in [0.25, 0.3) is 0 Å². The third-order valence-corrected chi connectivity index (χ3v) is 1.88. The molecule has 0 spiro atoms. The summed E-state index contributed by atoms with van der Waals surface area (Å²) in [6, 6.07) is 0.334. The van der Waals surface area contributed by atoms with Gasteiger partial charge >= 0.3 is 0 Å². The summed E-state index contributed by atoms with van der Waals surface area (Å²) in [5, 5.41) is 0. The maximum atomic E-state index is 5.76. The Morgan fingerprint density at radius 3 is 2.45 bits per heavy atom. The summed E-state index contributed by atoms with van der Waals surface area (Å²) in [4.78, 5) is 2.07. The Balaban J connectivity index is 0.000001000. The van der Waals surface area contributed by atoms with Crippen molar-refractivity contribution < 1.29 is 4.74 Å². The van der Waals surface area contributed by atoms with Gasteiger partial charge in [-0.2, -0.15) is 0 Å². The van der Waals surface area contributed by atoms with E-state index < -0.39 is 0 Å². The molecule has 0 aromatic heterocycles. The van der Waals surface area contributed by atoms with E-state index in [1.54, 1.807) is 0 Å². The highest BCUT2D eigenvalue weighted by atomic mass is 35.5. The van der Waals surface area contributed by atoms with Gasteiger partial charge in [0.2, 0.25) is 0 Å². The highest BCUT2D eigenvalue weighted by molar-refractivity contribution is 5.85. The van der Waals surface area contributed by atoms with Gasteiger partial charge < -0.3 is 10.5 Å². The van der Waals surface area contributed by atoms with Gasteiger partial charge in [0.05, 0.1) is 6.61 Å². The van der Waals surface area contributed by atoms with Crippen LogP contribution >= 0.6 is 12.4 Å². The fraction of sp³-hybridized carbons (Fsp3) is 1.00. The standard InChI is InChI=1S/C7H16N2O.ClH/c1-9(2)7-5-6(8)3-4-10-7;/h6-7H,3-5,8H2,1-2H3;1H. The van der Waals surface area contributed by atoms with E-state index in [-0.39, 0.29) is 18.6 Å². The number of hydrogen-bond acceptors (Lipinski definition) is 3. The molecule has 1 rings (SSSR count). The maximum Gasteiger partial charge on any atom is 0.111 e. The topological polar surface area (TPSA) is 38.5 Å². The zero-order valence-electron chi connectivity index (χ0n) is 7.12. The molecular weight excluding hydrogens is 164 g/mol. The minimum absolute atomic E-state index is 0. The second-order valence-electron chi connectivity index (χ2n) is 3.07. The molecule has 1 aliphatic heterocycles. The first-order valence-electron chi connectivity index (χ1n) is 3.74. The van der Waals surface area contributed by atoms with Gasteiger partial charge in [-0.15, -0.1) is 12.4 Å². The third-order valence-electron chi connectivity index (χ3n) is 1.88. The van der Waals surface area contributed by atoms with Crippen molar-refractivity contribution >= 4 is 12.4 Å². The molecule has 0 saturated carbocycles. The first-order valence-corrected chi connectivity index (χ1v) is 3.74. The zero-order chi connectivity index (χ0) is 7.56. The average molecular weight is 181 g/mol. The van der Waals surface area contributed by atoms with Crippen LogP contribution in [-0.4, -0.2) is 37.9 Å². The molecule has 1 heterocycles. The lowest BCUT2D eigenvalue weighted by Gasteiger charge is -2.31. The Hall–Kier alpha value is 0.170. The highest BCUT2D eigenvalue weighted by Crippen LogP contribution is 2.12. The lowest BCUT2D eigenvalue weighted by molar-refractivity contribution is -0.0703. The summed E-state index contributed by atoms with van der Waals surface area (Å²) in [5.41, 5.74) is 5.76. The minimum atomic E-state index is 0. The van der Waals surface area contributed by atoms with Crippen LogP contribution in [-0.2, 0) is 4.74 Å². The van der Waals surface area contributed by atoms with E-state index in [1.807, 2.05) is 14.1 Å². The van der Waals surface area contributed by atoms with Gasteiger partial charge in [0.1, 0.15) is 6.23 Å². The number of halogens is 1. The number of hydrogen-bond donors (Lipinski definition) is 1. The minimum Gasteiger partial charge on any atom is -0.363 e. The normalized spacial score (nSPS) is 31.6. The molecule has 0 aromatic rings. The number of nitrogens with two attached hydrogens (primary N) is 1. The van der Waals surface area contributed by atoms with E-state index in [0.29, 0.717) is 6.04 Å². The van der Waals surface area contributed by atoms with E-state index in [2.05, 4.69) is 4.90 Å². The lowest BCUT2D eigenvalue weighted by atomic mass is 10.1. The lowest BCUT2D eigenvalue weighted by Crippen LogP contribution is -2.42. The smallest absolute Gasteiger partial charge is 0.111 e. The van der Waals surface area contributed by atoms with Crippen molar-refractivity contribution in [3.05, 3.63) is 0 Å². The molecule has 1 aliphatic rings. The van der Waals surface area contributed by atoms with E-state index in [1.165, 1.54) is 0 Å². The molecule has 4 heteroatoms. The van der Waals surface area contributed by atoms with Crippen molar-refractivity contribution in [1.82, 2.24) is 4.90 Å². The molecule has 0 aromatic carbocycles. The Morgan fingerprint density at radius 2 is 2.09 bits per heavy atom. The summed E-state index contributed by atoms with van der Waals surface area (Å²) in [5.74, 6) is 0. The van der Waals surface area contributed by atoms with Crippen LogP contribution in [0.2, 0.25) is 0 Å². The van der Waals surface area contributed by atoms with Gasteiger partial charge in [-0.3, -0.25) is 4.90 Å². The molecule has 0 bridgehead atoms. The van der Waals surface area contributed by atoms with Crippen molar-refractivity contribution in [3.8, 4) is 0 Å².